The molecule has 2 N–H and O–H groups in total. The Morgan fingerprint density at radius 1 is 1.28 bits per heavy atom. The Kier molecular flexibility index (Phi) is 3.75. The third kappa shape index (κ3) is 2.71. The van der Waals surface area contributed by atoms with E-state index in [1.807, 2.05) is 0 Å². The van der Waals surface area contributed by atoms with Gasteiger partial charge in [0.25, 0.3) is 0 Å². The molecule has 6 heteroatoms. The largest absolute Gasteiger partial charge is 0.392 e. The Hall–Kier alpha value is -0.170. The summed E-state index contributed by atoms with van der Waals surface area (Å²) in [7, 11) is -3.04. The van der Waals surface area contributed by atoms with Crippen molar-refractivity contribution in [3.05, 3.63) is 0 Å². The molecule has 0 spiro atoms. The molecule has 1 saturated carbocycles. The molecule has 1 aliphatic carbocycles. The molecular formula is C12H24N2O3S. The van der Waals surface area contributed by atoms with Gasteiger partial charge in [0.15, 0.2) is 0 Å². The lowest BCUT2D eigenvalue weighted by Crippen LogP contribution is -2.62. The smallest absolute Gasteiger partial charge is 0.211 e. The van der Waals surface area contributed by atoms with Crippen LogP contribution in [0.15, 0.2) is 0 Å². The first-order valence-corrected chi connectivity index (χ1v) is 8.45. The molecule has 1 heterocycles. The summed E-state index contributed by atoms with van der Waals surface area (Å²) in [4.78, 5) is 0. The first-order valence-electron chi connectivity index (χ1n) is 6.60. The maximum absolute atomic E-state index is 11.4. The normalized spacial score (nSPS) is 34.2. The van der Waals surface area contributed by atoms with Gasteiger partial charge >= 0.3 is 0 Å². The molecule has 2 rings (SSSR count). The zero-order valence-corrected chi connectivity index (χ0v) is 12.2. The number of nitrogens with zero attached hydrogens (tertiary/aromatic N) is 1. The minimum Gasteiger partial charge on any atom is -0.392 e. The zero-order chi connectivity index (χ0) is 13.6. The van der Waals surface area contributed by atoms with Gasteiger partial charge < -0.3 is 10.4 Å². The van der Waals surface area contributed by atoms with Crippen molar-refractivity contribution >= 4 is 10.0 Å². The molecule has 5 nitrogen and oxygen atoms in total. The van der Waals surface area contributed by atoms with Crippen molar-refractivity contribution in [1.29, 1.82) is 0 Å². The molecule has 2 atom stereocenters. The highest BCUT2D eigenvalue weighted by molar-refractivity contribution is 7.88. The van der Waals surface area contributed by atoms with E-state index in [2.05, 4.69) is 19.2 Å². The average Bonchev–Trinajstić information content (AvgIpc) is 2.28. The van der Waals surface area contributed by atoms with Gasteiger partial charge in [0, 0.05) is 30.6 Å². The van der Waals surface area contributed by atoms with Crippen LogP contribution in [0.3, 0.4) is 0 Å². The lowest BCUT2D eigenvalue weighted by atomic mass is 9.64. The topological polar surface area (TPSA) is 69.6 Å². The predicted octanol–water partition coefficient (Wildman–Crippen LogP) is 0.159. The third-order valence-corrected chi connectivity index (χ3v) is 5.88. The second-order valence-corrected chi connectivity index (χ2v) is 8.21. The van der Waals surface area contributed by atoms with Crippen molar-refractivity contribution in [2.24, 2.45) is 5.41 Å². The number of hydrogen-bond donors (Lipinski definition) is 2. The highest BCUT2D eigenvalue weighted by Gasteiger charge is 2.47. The fourth-order valence-electron chi connectivity index (χ4n) is 2.82. The van der Waals surface area contributed by atoms with Crippen LogP contribution in [0.2, 0.25) is 0 Å². The maximum Gasteiger partial charge on any atom is 0.211 e. The van der Waals surface area contributed by atoms with E-state index < -0.39 is 10.0 Å². The van der Waals surface area contributed by atoms with Gasteiger partial charge in [-0.05, 0) is 19.3 Å². The minimum absolute atomic E-state index is 0.0615. The molecule has 2 unspecified atom stereocenters. The summed E-state index contributed by atoms with van der Waals surface area (Å²) in [6, 6.07) is 0.724. The number of aliphatic hydroxyl groups is 1. The van der Waals surface area contributed by atoms with E-state index in [0.29, 0.717) is 25.2 Å². The van der Waals surface area contributed by atoms with Gasteiger partial charge in [-0.15, -0.1) is 0 Å². The van der Waals surface area contributed by atoms with Crippen LogP contribution in [0.5, 0.6) is 0 Å². The molecule has 106 valence electrons. The number of aliphatic hydroxyl groups excluding tert-OH is 1. The number of nitrogens with one attached hydrogen (secondary N) is 1. The summed E-state index contributed by atoms with van der Waals surface area (Å²) in [6.07, 6.45) is 3.57. The third-order valence-electron chi connectivity index (χ3n) is 4.58. The fraction of sp³-hybridized carbons (Fsp3) is 1.00. The van der Waals surface area contributed by atoms with Crippen LogP contribution in [0.25, 0.3) is 0 Å². The van der Waals surface area contributed by atoms with Crippen LogP contribution in [-0.4, -0.2) is 55.4 Å². The van der Waals surface area contributed by atoms with Crippen molar-refractivity contribution in [2.75, 3.05) is 19.3 Å². The summed E-state index contributed by atoms with van der Waals surface area (Å²) < 4.78 is 24.3. The van der Waals surface area contributed by atoms with E-state index in [1.54, 1.807) is 4.31 Å². The van der Waals surface area contributed by atoms with Crippen LogP contribution < -0.4 is 5.32 Å². The van der Waals surface area contributed by atoms with Crippen molar-refractivity contribution < 1.29 is 13.5 Å². The molecule has 2 fully saturated rings. The summed E-state index contributed by atoms with van der Waals surface area (Å²) in [6.45, 7) is 5.35. The number of hydrogen-bond acceptors (Lipinski definition) is 4. The molecule has 2 aliphatic rings. The van der Waals surface area contributed by atoms with E-state index in [4.69, 9.17) is 0 Å². The van der Waals surface area contributed by atoms with Crippen LogP contribution in [0, 0.1) is 5.41 Å². The average molecular weight is 276 g/mol. The quantitative estimate of drug-likeness (QED) is 0.770. The summed E-state index contributed by atoms with van der Waals surface area (Å²) in [5, 5.41) is 13.3. The van der Waals surface area contributed by atoms with E-state index >= 15 is 0 Å². The summed E-state index contributed by atoms with van der Waals surface area (Å²) >= 11 is 0. The van der Waals surface area contributed by atoms with Gasteiger partial charge in [0.1, 0.15) is 0 Å². The number of piperidine rings is 1. The van der Waals surface area contributed by atoms with E-state index in [1.165, 1.54) is 6.26 Å². The van der Waals surface area contributed by atoms with Crippen molar-refractivity contribution in [1.82, 2.24) is 9.62 Å². The Bertz CT molecular complexity index is 400. The molecule has 0 amide bonds. The van der Waals surface area contributed by atoms with Crippen LogP contribution in [0.1, 0.15) is 33.1 Å². The van der Waals surface area contributed by atoms with Gasteiger partial charge in [0.2, 0.25) is 10.0 Å². The monoisotopic (exact) mass is 276 g/mol. The Balaban J connectivity index is 1.82. The van der Waals surface area contributed by atoms with Gasteiger partial charge in [-0.25, -0.2) is 12.7 Å². The SMILES string of the molecule is CC1(C)C(O)CC1NC1CCN(S(C)(=O)=O)CC1. The van der Waals surface area contributed by atoms with Gasteiger partial charge in [0.05, 0.1) is 12.4 Å². The molecule has 0 aromatic heterocycles. The molecule has 0 aromatic carbocycles. The van der Waals surface area contributed by atoms with E-state index in [0.717, 1.165) is 19.3 Å². The van der Waals surface area contributed by atoms with Crippen LogP contribution in [-0.2, 0) is 10.0 Å². The first kappa shape index (κ1) is 14.2. The molecule has 0 bridgehead atoms. The van der Waals surface area contributed by atoms with Crippen molar-refractivity contribution in [2.45, 2.75) is 51.3 Å². The Morgan fingerprint density at radius 2 is 1.83 bits per heavy atom. The molecular weight excluding hydrogens is 252 g/mol. The Labute approximate surface area is 110 Å². The van der Waals surface area contributed by atoms with Crippen LogP contribution >= 0.6 is 0 Å². The minimum atomic E-state index is -3.04. The van der Waals surface area contributed by atoms with Crippen molar-refractivity contribution in [3.63, 3.8) is 0 Å². The van der Waals surface area contributed by atoms with Gasteiger partial charge in [-0.3, -0.25) is 0 Å². The van der Waals surface area contributed by atoms with Crippen LogP contribution in [0.4, 0.5) is 0 Å². The van der Waals surface area contributed by atoms with Gasteiger partial charge in [-0.2, -0.15) is 0 Å². The number of sulfonamides is 1. The van der Waals surface area contributed by atoms with E-state index in [-0.39, 0.29) is 11.5 Å². The highest BCUT2D eigenvalue weighted by Crippen LogP contribution is 2.41. The van der Waals surface area contributed by atoms with Gasteiger partial charge in [-0.1, -0.05) is 13.8 Å². The lowest BCUT2D eigenvalue weighted by molar-refractivity contribution is -0.0772. The second-order valence-electron chi connectivity index (χ2n) is 6.23. The summed E-state index contributed by atoms with van der Waals surface area (Å²) in [5.41, 5.74) is -0.0615. The lowest BCUT2D eigenvalue weighted by Gasteiger charge is -2.51. The Morgan fingerprint density at radius 3 is 2.22 bits per heavy atom. The van der Waals surface area contributed by atoms with E-state index in [9.17, 15) is 13.5 Å². The first-order chi connectivity index (χ1) is 8.21. The molecule has 1 saturated heterocycles. The zero-order valence-electron chi connectivity index (χ0n) is 11.4. The molecule has 1 aliphatic heterocycles. The highest BCUT2D eigenvalue weighted by atomic mass is 32.2. The second kappa shape index (κ2) is 4.74. The molecule has 18 heavy (non-hydrogen) atoms. The standard InChI is InChI=1S/C12H24N2O3S/c1-12(2)10(8-11(12)15)13-9-4-6-14(7-5-9)18(3,16)17/h9-11,13,15H,4-8H2,1-3H3. The maximum atomic E-state index is 11.4. The van der Waals surface area contributed by atoms with Crippen molar-refractivity contribution in [3.8, 4) is 0 Å². The summed E-state index contributed by atoms with van der Waals surface area (Å²) in [5.74, 6) is 0. The molecule has 0 radical (unpaired) electrons. The number of rotatable bonds is 3. The molecule has 0 aromatic rings. The predicted molar refractivity (Wildman–Crippen MR) is 70.8 cm³/mol. The fourth-order valence-corrected chi connectivity index (χ4v) is 3.70.